The van der Waals surface area contributed by atoms with Gasteiger partial charge in [0.2, 0.25) is 10.0 Å². The van der Waals surface area contributed by atoms with E-state index >= 15 is 0 Å². The lowest BCUT2D eigenvalue weighted by Gasteiger charge is -2.20. The Labute approximate surface area is 184 Å². The van der Waals surface area contributed by atoms with Gasteiger partial charge in [0.25, 0.3) is 0 Å². The monoisotopic (exact) mass is 475 g/mol. The van der Waals surface area contributed by atoms with Gasteiger partial charge in [-0.15, -0.1) is 0 Å². The van der Waals surface area contributed by atoms with E-state index in [9.17, 15) is 30.8 Å². The molecule has 0 bridgehead atoms. The van der Waals surface area contributed by atoms with Gasteiger partial charge in [-0.3, -0.25) is 4.79 Å². The van der Waals surface area contributed by atoms with Gasteiger partial charge in [-0.2, -0.15) is 13.2 Å². The molecule has 2 aromatic carbocycles. The van der Waals surface area contributed by atoms with Crippen LogP contribution in [-0.2, 0) is 25.7 Å². The highest BCUT2D eigenvalue weighted by Gasteiger charge is 2.32. The van der Waals surface area contributed by atoms with Gasteiger partial charge in [0.05, 0.1) is 17.6 Å². The highest BCUT2D eigenvalue weighted by Crippen LogP contribution is 2.31. The molecule has 5 nitrogen and oxygen atoms in total. The molecule has 0 spiro atoms. The lowest BCUT2D eigenvalue weighted by atomic mass is 10.0. The molecule has 1 atom stereocenters. The molecule has 1 unspecified atom stereocenters. The van der Waals surface area contributed by atoms with Crippen LogP contribution in [0.2, 0.25) is 0 Å². The van der Waals surface area contributed by atoms with Crippen LogP contribution < -0.4 is 4.72 Å². The zero-order valence-corrected chi connectivity index (χ0v) is 18.3. The third kappa shape index (κ3) is 7.90. The Morgan fingerprint density at radius 3 is 2.31 bits per heavy atom. The number of carbonyl (C=O) groups is 1. The SMILES string of the molecule is COC(=O)CCCCCCC(NS(=O)(=O)c1cccc(C(F)(F)F)c1)c1ccc(F)cc1. The van der Waals surface area contributed by atoms with E-state index in [0.717, 1.165) is 24.6 Å². The van der Waals surface area contributed by atoms with Gasteiger partial charge in [-0.25, -0.2) is 17.5 Å². The number of esters is 1. The van der Waals surface area contributed by atoms with Crippen molar-refractivity contribution >= 4 is 16.0 Å². The quantitative estimate of drug-likeness (QED) is 0.269. The molecule has 10 heteroatoms. The molecule has 0 aliphatic carbocycles. The molecule has 32 heavy (non-hydrogen) atoms. The normalized spacial score (nSPS) is 13.0. The summed E-state index contributed by atoms with van der Waals surface area (Å²) in [4.78, 5) is 10.6. The van der Waals surface area contributed by atoms with E-state index in [1.807, 2.05) is 0 Å². The van der Waals surface area contributed by atoms with Crippen molar-refractivity contribution in [3.63, 3.8) is 0 Å². The van der Waals surface area contributed by atoms with Crippen molar-refractivity contribution in [1.82, 2.24) is 4.72 Å². The van der Waals surface area contributed by atoms with Gasteiger partial charge in [-0.05, 0) is 48.7 Å². The van der Waals surface area contributed by atoms with E-state index < -0.39 is 38.5 Å². The maximum absolute atomic E-state index is 13.3. The molecule has 0 aliphatic rings. The van der Waals surface area contributed by atoms with Crippen LogP contribution >= 0.6 is 0 Å². The molecule has 0 heterocycles. The van der Waals surface area contributed by atoms with Crippen molar-refractivity contribution in [1.29, 1.82) is 0 Å². The number of rotatable bonds is 11. The number of alkyl halides is 3. The molecule has 176 valence electrons. The Hall–Kier alpha value is -2.46. The summed E-state index contributed by atoms with van der Waals surface area (Å²) in [6.07, 6.45) is -1.38. The first-order valence-electron chi connectivity index (χ1n) is 10.0. The summed E-state index contributed by atoms with van der Waals surface area (Å²) in [7, 11) is -2.96. The highest BCUT2D eigenvalue weighted by atomic mass is 32.2. The van der Waals surface area contributed by atoms with Gasteiger partial charge < -0.3 is 4.74 Å². The number of methoxy groups -OCH3 is 1. The first kappa shape index (κ1) is 25.8. The Morgan fingerprint density at radius 2 is 1.69 bits per heavy atom. The minimum absolute atomic E-state index is 0.292. The predicted octanol–water partition coefficient (Wildman–Crippen LogP) is 5.38. The Balaban J connectivity index is 2.12. The summed E-state index contributed by atoms with van der Waals surface area (Å²) in [6, 6.07) is 8.00. The van der Waals surface area contributed by atoms with Crippen LogP contribution in [-0.4, -0.2) is 21.5 Å². The fourth-order valence-corrected chi connectivity index (χ4v) is 4.46. The minimum Gasteiger partial charge on any atom is -0.469 e. The van der Waals surface area contributed by atoms with E-state index in [-0.39, 0.29) is 5.97 Å². The Bertz CT molecular complexity index is 992. The third-order valence-electron chi connectivity index (χ3n) is 4.89. The van der Waals surface area contributed by atoms with Gasteiger partial charge in [0.15, 0.2) is 0 Å². The van der Waals surface area contributed by atoms with Gasteiger partial charge >= 0.3 is 12.1 Å². The summed E-state index contributed by atoms with van der Waals surface area (Å²) < 4.78 is 84.9. The van der Waals surface area contributed by atoms with Gasteiger partial charge in [0, 0.05) is 12.5 Å². The lowest BCUT2D eigenvalue weighted by molar-refractivity contribution is -0.140. The second-order valence-electron chi connectivity index (χ2n) is 7.28. The van der Waals surface area contributed by atoms with Gasteiger partial charge in [0.1, 0.15) is 5.82 Å². The van der Waals surface area contributed by atoms with E-state index in [0.29, 0.717) is 43.7 Å². The number of nitrogens with one attached hydrogen (secondary N) is 1. The molecular formula is C22H25F4NO4S. The molecular weight excluding hydrogens is 450 g/mol. The summed E-state index contributed by atoms with van der Waals surface area (Å²) in [6.45, 7) is 0. The van der Waals surface area contributed by atoms with Gasteiger partial charge in [-0.1, -0.05) is 37.5 Å². The molecule has 0 saturated heterocycles. The largest absolute Gasteiger partial charge is 0.469 e. The fraction of sp³-hybridized carbons (Fsp3) is 0.409. The Kier molecular flexibility index (Phi) is 9.21. The van der Waals surface area contributed by atoms with Crippen molar-refractivity contribution in [2.24, 2.45) is 0 Å². The first-order valence-corrected chi connectivity index (χ1v) is 11.5. The number of unbranched alkanes of at least 4 members (excludes halogenated alkanes) is 3. The maximum Gasteiger partial charge on any atom is 0.416 e. The molecule has 0 aromatic heterocycles. The molecule has 0 aliphatic heterocycles. The number of benzene rings is 2. The van der Waals surface area contributed by atoms with Crippen LogP contribution in [0.25, 0.3) is 0 Å². The highest BCUT2D eigenvalue weighted by molar-refractivity contribution is 7.89. The fourth-order valence-electron chi connectivity index (χ4n) is 3.16. The zero-order chi connectivity index (χ0) is 23.8. The summed E-state index contributed by atoms with van der Waals surface area (Å²) >= 11 is 0. The second-order valence-corrected chi connectivity index (χ2v) is 8.99. The molecule has 1 N–H and O–H groups in total. The van der Waals surface area contributed by atoms with Crippen molar-refractivity contribution < 1.29 is 35.5 Å². The van der Waals surface area contributed by atoms with Crippen LogP contribution in [0.3, 0.4) is 0 Å². The second kappa shape index (κ2) is 11.4. The number of hydrogen-bond acceptors (Lipinski definition) is 4. The van der Waals surface area contributed by atoms with Crippen LogP contribution in [0.1, 0.15) is 55.7 Å². The molecule has 0 radical (unpaired) electrons. The van der Waals surface area contributed by atoms with E-state index in [1.54, 1.807) is 0 Å². The van der Waals surface area contributed by atoms with Crippen LogP contribution in [0, 0.1) is 5.82 Å². The minimum atomic E-state index is -4.67. The predicted molar refractivity (Wildman–Crippen MR) is 111 cm³/mol. The topological polar surface area (TPSA) is 72.5 Å². The lowest BCUT2D eigenvalue weighted by Crippen LogP contribution is -2.29. The van der Waals surface area contributed by atoms with Crippen molar-refractivity contribution in [2.75, 3.05) is 7.11 Å². The first-order chi connectivity index (χ1) is 15.0. The number of ether oxygens (including phenoxy) is 1. The van der Waals surface area contributed by atoms with Crippen molar-refractivity contribution in [2.45, 2.75) is 55.6 Å². The number of carbonyl (C=O) groups excluding carboxylic acids is 1. The molecule has 2 aromatic rings. The third-order valence-corrected chi connectivity index (χ3v) is 6.36. The summed E-state index contributed by atoms with van der Waals surface area (Å²) in [5.41, 5.74) is -0.569. The standard InChI is InChI=1S/C22H25F4NO4S/c1-31-21(28)10-5-3-2-4-9-20(16-11-13-18(23)14-12-16)27-32(29,30)19-8-6-7-17(15-19)22(24,25)26/h6-8,11-15,20,27H,2-5,9-10H2,1H3. The molecule has 0 fully saturated rings. The molecule has 2 rings (SSSR count). The van der Waals surface area contributed by atoms with E-state index in [2.05, 4.69) is 9.46 Å². The van der Waals surface area contributed by atoms with Crippen molar-refractivity contribution in [3.05, 3.63) is 65.5 Å². The van der Waals surface area contributed by atoms with Crippen LogP contribution in [0.15, 0.2) is 53.4 Å². The van der Waals surface area contributed by atoms with Crippen molar-refractivity contribution in [3.8, 4) is 0 Å². The summed E-state index contributed by atoms with van der Waals surface area (Å²) in [5.74, 6) is -0.793. The summed E-state index contributed by atoms with van der Waals surface area (Å²) in [5, 5.41) is 0. The van der Waals surface area contributed by atoms with E-state index in [4.69, 9.17) is 0 Å². The molecule has 0 saturated carbocycles. The van der Waals surface area contributed by atoms with E-state index in [1.165, 1.54) is 31.4 Å². The average Bonchev–Trinajstić information content (AvgIpc) is 2.75. The maximum atomic E-state index is 13.3. The average molecular weight is 476 g/mol. The number of halogens is 4. The zero-order valence-electron chi connectivity index (χ0n) is 17.5. The number of hydrogen-bond donors (Lipinski definition) is 1. The molecule has 0 amide bonds. The van der Waals surface area contributed by atoms with Crippen LogP contribution in [0.4, 0.5) is 17.6 Å². The van der Waals surface area contributed by atoms with Crippen LogP contribution in [0.5, 0.6) is 0 Å². The number of sulfonamides is 1. The smallest absolute Gasteiger partial charge is 0.416 e. The Morgan fingerprint density at radius 1 is 1.03 bits per heavy atom.